The van der Waals surface area contributed by atoms with Gasteiger partial charge in [-0.2, -0.15) is 0 Å². The van der Waals surface area contributed by atoms with Crippen LogP contribution in [-0.2, 0) is 0 Å². The maximum absolute atomic E-state index is 6.65. The van der Waals surface area contributed by atoms with Crippen molar-refractivity contribution in [1.29, 1.82) is 0 Å². The highest BCUT2D eigenvalue weighted by Gasteiger charge is 2.29. The summed E-state index contributed by atoms with van der Waals surface area (Å²) < 4.78 is 38.5. The third-order valence-corrected chi connectivity index (χ3v) is 28.3. The van der Waals surface area contributed by atoms with Crippen LogP contribution in [-0.4, -0.2) is 0 Å². The largest absolute Gasteiger partial charge is 0.456 e. The van der Waals surface area contributed by atoms with E-state index in [-0.39, 0.29) is 0 Å². The van der Waals surface area contributed by atoms with E-state index in [9.17, 15) is 0 Å². The summed E-state index contributed by atoms with van der Waals surface area (Å²) in [5.41, 5.74) is 27.1. The molecule has 0 radical (unpaired) electrons. The summed E-state index contributed by atoms with van der Waals surface area (Å²) in [5, 5.41) is 27.7. The van der Waals surface area contributed by atoms with Gasteiger partial charge in [0.15, 0.2) is 5.58 Å². The van der Waals surface area contributed by atoms with E-state index in [2.05, 4.69) is 439 Å². The minimum Gasteiger partial charge on any atom is -0.456 e. The Morgan fingerprint density at radius 1 is 0.128 bits per heavy atom. The Morgan fingerprint density at radius 2 is 0.390 bits per heavy atom. The second-order valence-corrected chi connectivity index (χ2v) is 36.3. The van der Waals surface area contributed by atoms with Gasteiger partial charge in [0.2, 0.25) is 0 Å². The molecular formula is C132H81N3O6. The molecule has 0 saturated carbocycles. The molecule has 0 atom stereocenters. The van der Waals surface area contributed by atoms with Gasteiger partial charge in [0.05, 0.1) is 33.8 Å². The van der Waals surface area contributed by atoms with E-state index in [0.29, 0.717) is 0 Å². The van der Waals surface area contributed by atoms with Crippen LogP contribution in [0.4, 0.5) is 51.2 Å². The Bertz CT molecular complexity index is 10300. The molecule has 9 nitrogen and oxygen atoms in total. The van der Waals surface area contributed by atoms with Crippen molar-refractivity contribution in [2.45, 2.75) is 0 Å². The molecule has 0 amide bonds. The van der Waals surface area contributed by atoms with E-state index in [1.807, 2.05) is 66.7 Å². The highest BCUT2D eigenvalue weighted by Crippen LogP contribution is 2.53. The molecule has 0 aliphatic heterocycles. The first-order valence-corrected chi connectivity index (χ1v) is 47.8. The van der Waals surface area contributed by atoms with Crippen LogP contribution in [0.3, 0.4) is 0 Å². The lowest BCUT2D eigenvalue weighted by Gasteiger charge is -2.29. The van der Waals surface area contributed by atoms with Crippen molar-refractivity contribution in [2.24, 2.45) is 0 Å². The fraction of sp³-hybridized carbons (Fsp3) is 0. The standard InChI is InChI=1S/3C44H27NO2/c1-2-11-28(12-3-1)32-13-4-7-17-37(32)45(38-18-10-16-34-33-14-5-8-19-39(33)47-44(34)38)31-25-23-29-21-22-30-24-26-41-43(42(30)36(29)27-31)35-15-6-9-20-40(35)46-41;1-2-11-28(12-3-1)32-13-4-7-16-36(32)45(37-17-10-20-40-43(37)33-14-5-8-18-38(33)46-40)31-25-23-29-21-22-30-24-26-41-44(42(30)35(29)27-31)34-15-6-9-19-39(34)47-41;1-2-10-28(11-3-1)33-12-4-7-15-38(33)45(32-23-24-35-34-13-5-8-16-39(34)47-42(35)27-32)31-22-20-29-18-19-30-21-25-41-44(43(30)37(29)26-31)36-14-6-9-17-40(36)46-41/h3*1-27H. The monoisotopic (exact) mass is 1800 g/mol. The van der Waals surface area contributed by atoms with Crippen molar-refractivity contribution >= 4 is 247 Å². The quantitative estimate of drug-likeness (QED) is 0.111. The highest BCUT2D eigenvalue weighted by atomic mass is 16.3. The molecule has 30 rings (SSSR count). The number of para-hydroxylation sites is 10. The number of hydrogen-bond donors (Lipinski definition) is 0. The van der Waals surface area contributed by atoms with Crippen molar-refractivity contribution in [3.8, 4) is 33.4 Å². The second-order valence-electron chi connectivity index (χ2n) is 36.3. The maximum atomic E-state index is 6.65. The van der Waals surface area contributed by atoms with Crippen molar-refractivity contribution < 1.29 is 26.5 Å². The van der Waals surface area contributed by atoms with Crippen molar-refractivity contribution in [2.75, 3.05) is 14.7 Å². The lowest BCUT2D eigenvalue weighted by Crippen LogP contribution is -2.11. The van der Waals surface area contributed by atoms with Crippen LogP contribution < -0.4 is 14.7 Å². The SMILES string of the molecule is c1ccc(-c2ccccc2N(c2ccc3c(c2)oc2ccccc23)c2ccc3ccc4ccc5oc6ccccc6c5c4c3c2)cc1.c1ccc(-c2ccccc2N(c2ccc3ccc4ccc5oc6ccccc6c5c4c3c2)c2cccc3c2oc2ccccc23)cc1.c1ccc(-c2ccccc2N(c2ccc3ccc4ccc5oc6ccccc6c5c4c3c2)c2cccc3oc4ccccc4c23)cc1. The van der Waals surface area contributed by atoms with Crippen LogP contribution >= 0.6 is 0 Å². The fourth-order valence-electron chi connectivity index (χ4n) is 22.0. The predicted octanol–water partition coefficient (Wildman–Crippen LogP) is 38.8. The number of anilines is 9. The molecule has 0 aliphatic rings. The second kappa shape index (κ2) is 33.0. The van der Waals surface area contributed by atoms with Crippen molar-refractivity contribution in [1.82, 2.24) is 0 Å². The van der Waals surface area contributed by atoms with Gasteiger partial charge in [0.1, 0.15) is 61.4 Å². The minimum absolute atomic E-state index is 0.859. The Kier molecular flexibility index (Phi) is 18.8. The highest BCUT2D eigenvalue weighted by molar-refractivity contribution is 6.31. The normalized spacial score (nSPS) is 11.8. The summed E-state index contributed by atoms with van der Waals surface area (Å²) >= 11 is 0. The van der Waals surface area contributed by atoms with Gasteiger partial charge < -0.3 is 41.2 Å². The molecule has 660 valence electrons. The van der Waals surface area contributed by atoms with Crippen LogP contribution in [0.25, 0.3) is 230 Å². The van der Waals surface area contributed by atoms with Gasteiger partial charge in [0.25, 0.3) is 0 Å². The van der Waals surface area contributed by atoms with Gasteiger partial charge >= 0.3 is 0 Å². The van der Waals surface area contributed by atoms with Gasteiger partial charge in [0, 0.05) is 121 Å². The number of rotatable bonds is 12. The van der Waals surface area contributed by atoms with Gasteiger partial charge in [-0.05, 0) is 205 Å². The Labute approximate surface area is 807 Å². The van der Waals surface area contributed by atoms with Gasteiger partial charge in [-0.15, -0.1) is 0 Å². The molecule has 9 heteroatoms. The molecule has 0 spiro atoms. The Hall–Kier alpha value is -19.0. The van der Waals surface area contributed by atoms with E-state index in [4.69, 9.17) is 26.5 Å². The third kappa shape index (κ3) is 13.4. The van der Waals surface area contributed by atoms with Crippen molar-refractivity contribution in [3.05, 3.63) is 491 Å². The van der Waals surface area contributed by atoms with Gasteiger partial charge in [-0.3, -0.25) is 0 Å². The van der Waals surface area contributed by atoms with E-state index in [1.165, 1.54) is 64.6 Å². The van der Waals surface area contributed by atoms with E-state index >= 15 is 0 Å². The van der Waals surface area contributed by atoms with Crippen molar-refractivity contribution in [3.63, 3.8) is 0 Å². The summed E-state index contributed by atoms with van der Waals surface area (Å²) in [4.78, 5) is 7.12. The molecule has 0 saturated heterocycles. The number of benzene rings is 24. The summed E-state index contributed by atoms with van der Waals surface area (Å²) in [6, 6.07) is 174. The lowest BCUT2D eigenvalue weighted by molar-refractivity contribution is 0.668. The lowest BCUT2D eigenvalue weighted by atomic mass is 9.96. The number of nitrogens with zero attached hydrogens (tertiary/aromatic N) is 3. The first kappa shape index (κ1) is 80.5. The average molecular weight is 1810 g/mol. The van der Waals surface area contributed by atoms with Crippen LogP contribution in [0.1, 0.15) is 0 Å². The summed E-state index contributed by atoms with van der Waals surface area (Å²) in [5.74, 6) is 0. The third-order valence-electron chi connectivity index (χ3n) is 28.3. The molecule has 0 N–H and O–H groups in total. The number of furan rings is 6. The summed E-state index contributed by atoms with van der Waals surface area (Å²) in [6.45, 7) is 0. The average Bonchev–Trinajstić information content (AvgIpc) is 1.74. The summed E-state index contributed by atoms with van der Waals surface area (Å²) in [7, 11) is 0. The maximum Gasteiger partial charge on any atom is 0.159 e. The van der Waals surface area contributed by atoms with Crippen LogP contribution in [0.2, 0.25) is 0 Å². The van der Waals surface area contributed by atoms with Crippen LogP contribution in [0.15, 0.2) is 518 Å². The topological polar surface area (TPSA) is 88.6 Å². The first-order chi connectivity index (χ1) is 69.9. The molecule has 6 heterocycles. The molecule has 30 aromatic rings. The van der Waals surface area contributed by atoms with Gasteiger partial charge in [-0.25, -0.2) is 0 Å². The Balaban J connectivity index is 0.000000104. The molecule has 6 aromatic heterocycles. The van der Waals surface area contributed by atoms with E-state index in [0.717, 1.165) is 216 Å². The predicted molar refractivity (Wildman–Crippen MR) is 588 cm³/mol. The first-order valence-electron chi connectivity index (χ1n) is 47.8. The zero-order chi connectivity index (χ0) is 92.7. The zero-order valence-corrected chi connectivity index (χ0v) is 76.1. The smallest absolute Gasteiger partial charge is 0.159 e. The molecule has 0 bridgehead atoms. The molecular weight excluding hydrogens is 1720 g/mol. The van der Waals surface area contributed by atoms with Crippen LogP contribution in [0.5, 0.6) is 0 Å². The molecule has 0 unspecified atom stereocenters. The molecule has 141 heavy (non-hydrogen) atoms. The van der Waals surface area contributed by atoms with Gasteiger partial charge in [-0.1, -0.05) is 346 Å². The fourth-order valence-corrected chi connectivity index (χ4v) is 22.0. The number of fused-ring (bicyclic) bond motifs is 30. The minimum atomic E-state index is 0.859. The molecule has 0 fully saturated rings. The van der Waals surface area contributed by atoms with E-state index < -0.39 is 0 Å². The number of hydrogen-bond acceptors (Lipinski definition) is 9. The van der Waals surface area contributed by atoms with E-state index in [1.54, 1.807) is 0 Å². The Morgan fingerprint density at radius 3 is 0.830 bits per heavy atom. The molecule has 0 aliphatic carbocycles. The summed E-state index contributed by atoms with van der Waals surface area (Å²) in [6.07, 6.45) is 0. The molecule has 24 aromatic carbocycles. The van der Waals surface area contributed by atoms with Crippen LogP contribution in [0, 0.1) is 0 Å². The zero-order valence-electron chi connectivity index (χ0n) is 76.1.